The van der Waals surface area contributed by atoms with Crippen molar-refractivity contribution in [3.63, 3.8) is 0 Å². The summed E-state index contributed by atoms with van der Waals surface area (Å²) in [5.41, 5.74) is 1.84. The molecule has 2 N–H and O–H groups in total. The highest BCUT2D eigenvalue weighted by molar-refractivity contribution is 5.92. The van der Waals surface area contributed by atoms with Crippen LogP contribution in [0.5, 0.6) is 5.75 Å². The topological polar surface area (TPSA) is 71.5 Å². The Hall–Kier alpha value is -2.40. The number of nitrogens with one attached hydrogen (secondary N) is 1. The van der Waals surface area contributed by atoms with Crippen molar-refractivity contribution in [3.8, 4) is 5.75 Å². The SMILES string of the molecule is Cc1cccc(C(=O)NCC(O)c2ccc(OC(C)C)cc2)n1. The zero-order chi connectivity index (χ0) is 16.8. The van der Waals surface area contributed by atoms with Crippen LogP contribution >= 0.6 is 0 Å². The summed E-state index contributed by atoms with van der Waals surface area (Å²) in [6, 6.07) is 12.4. The second-order valence-electron chi connectivity index (χ2n) is 5.63. The first-order valence-electron chi connectivity index (χ1n) is 7.62. The van der Waals surface area contributed by atoms with E-state index in [1.54, 1.807) is 24.3 Å². The zero-order valence-corrected chi connectivity index (χ0v) is 13.6. The van der Waals surface area contributed by atoms with E-state index in [1.807, 2.05) is 39.0 Å². The van der Waals surface area contributed by atoms with Crippen LogP contribution in [0.25, 0.3) is 0 Å². The van der Waals surface area contributed by atoms with Crippen molar-refractivity contribution in [2.24, 2.45) is 0 Å². The molecule has 0 aliphatic carbocycles. The molecule has 0 spiro atoms. The van der Waals surface area contributed by atoms with Gasteiger partial charge in [-0.25, -0.2) is 4.98 Å². The van der Waals surface area contributed by atoms with Crippen LogP contribution in [0.3, 0.4) is 0 Å². The summed E-state index contributed by atoms with van der Waals surface area (Å²) in [7, 11) is 0. The van der Waals surface area contributed by atoms with Gasteiger partial charge in [-0.05, 0) is 50.6 Å². The first kappa shape index (κ1) is 17.0. The number of amides is 1. The van der Waals surface area contributed by atoms with Crippen LogP contribution in [0.2, 0.25) is 0 Å². The van der Waals surface area contributed by atoms with Gasteiger partial charge in [0.1, 0.15) is 11.4 Å². The molecule has 2 rings (SSSR count). The van der Waals surface area contributed by atoms with Gasteiger partial charge >= 0.3 is 0 Å². The lowest BCUT2D eigenvalue weighted by atomic mass is 10.1. The summed E-state index contributed by atoms with van der Waals surface area (Å²) < 4.78 is 5.56. The highest BCUT2D eigenvalue weighted by atomic mass is 16.5. The third-order valence-electron chi connectivity index (χ3n) is 3.21. The molecule has 2 aromatic rings. The third kappa shape index (κ3) is 5.07. The Morgan fingerprint density at radius 3 is 2.52 bits per heavy atom. The Kier molecular flexibility index (Phi) is 5.71. The van der Waals surface area contributed by atoms with Gasteiger partial charge in [0, 0.05) is 12.2 Å². The van der Waals surface area contributed by atoms with E-state index in [4.69, 9.17) is 4.74 Å². The van der Waals surface area contributed by atoms with E-state index in [2.05, 4.69) is 10.3 Å². The summed E-state index contributed by atoms with van der Waals surface area (Å²) in [5.74, 6) is 0.455. The number of aliphatic hydroxyl groups is 1. The number of benzene rings is 1. The first-order chi connectivity index (χ1) is 11.0. The van der Waals surface area contributed by atoms with Crippen molar-refractivity contribution in [1.29, 1.82) is 0 Å². The standard InChI is InChI=1S/C18H22N2O3/c1-12(2)23-15-9-7-14(8-10-15)17(21)11-19-18(22)16-6-4-5-13(3)20-16/h4-10,12,17,21H,11H2,1-3H3,(H,19,22). The lowest BCUT2D eigenvalue weighted by Crippen LogP contribution is -2.29. The van der Waals surface area contributed by atoms with E-state index < -0.39 is 6.10 Å². The summed E-state index contributed by atoms with van der Waals surface area (Å²) in [6.07, 6.45) is -0.677. The molecule has 5 heteroatoms. The van der Waals surface area contributed by atoms with E-state index in [-0.39, 0.29) is 18.6 Å². The Labute approximate surface area is 136 Å². The molecule has 23 heavy (non-hydrogen) atoms. The lowest BCUT2D eigenvalue weighted by molar-refractivity contribution is 0.0911. The maximum atomic E-state index is 12.0. The van der Waals surface area contributed by atoms with Gasteiger partial charge in [-0.3, -0.25) is 4.79 Å². The molecule has 1 aromatic carbocycles. The van der Waals surface area contributed by atoms with Gasteiger partial charge in [0.25, 0.3) is 5.91 Å². The summed E-state index contributed by atoms with van der Waals surface area (Å²) in [6.45, 7) is 5.86. The molecule has 0 bridgehead atoms. The predicted molar refractivity (Wildman–Crippen MR) is 88.5 cm³/mol. The molecule has 122 valence electrons. The van der Waals surface area contributed by atoms with Crippen LogP contribution in [0.4, 0.5) is 0 Å². The Morgan fingerprint density at radius 2 is 1.91 bits per heavy atom. The van der Waals surface area contributed by atoms with E-state index in [0.717, 1.165) is 17.0 Å². The average molecular weight is 314 g/mol. The fourth-order valence-corrected chi connectivity index (χ4v) is 2.11. The molecule has 0 saturated carbocycles. The lowest BCUT2D eigenvalue weighted by Gasteiger charge is -2.14. The van der Waals surface area contributed by atoms with Crippen molar-refractivity contribution < 1.29 is 14.6 Å². The second kappa shape index (κ2) is 7.74. The highest BCUT2D eigenvalue weighted by Crippen LogP contribution is 2.18. The summed E-state index contributed by atoms with van der Waals surface area (Å²) >= 11 is 0. The summed E-state index contributed by atoms with van der Waals surface area (Å²) in [5, 5.41) is 12.9. The normalized spacial score (nSPS) is 12.0. The number of aryl methyl sites for hydroxylation is 1. The Morgan fingerprint density at radius 1 is 1.22 bits per heavy atom. The molecule has 1 amide bonds. The molecule has 1 atom stereocenters. The largest absolute Gasteiger partial charge is 0.491 e. The van der Waals surface area contributed by atoms with Gasteiger partial charge in [0.15, 0.2) is 0 Å². The van der Waals surface area contributed by atoms with Gasteiger partial charge in [-0.1, -0.05) is 18.2 Å². The monoisotopic (exact) mass is 314 g/mol. The summed E-state index contributed by atoms with van der Waals surface area (Å²) in [4.78, 5) is 16.2. The number of hydrogen-bond acceptors (Lipinski definition) is 4. The number of ether oxygens (including phenoxy) is 1. The van der Waals surface area contributed by atoms with E-state index in [9.17, 15) is 9.90 Å². The molecular weight excluding hydrogens is 292 g/mol. The number of nitrogens with zero attached hydrogens (tertiary/aromatic N) is 1. The van der Waals surface area contributed by atoms with Crippen LogP contribution < -0.4 is 10.1 Å². The van der Waals surface area contributed by atoms with Crippen LogP contribution in [-0.2, 0) is 0 Å². The molecular formula is C18H22N2O3. The van der Waals surface area contributed by atoms with Crippen molar-refractivity contribution in [3.05, 3.63) is 59.4 Å². The molecule has 0 aliphatic heterocycles. The predicted octanol–water partition coefficient (Wildman–Crippen LogP) is 2.64. The molecule has 1 unspecified atom stereocenters. The number of hydrogen-bond donors (Lipinski definition) is 2. The number of carbonyl (C=O) groups is 1. The quantitative estimate of drug-likeness (QED) is 0.860. The maximum Gasteiger partial charge on any atom is 0.269 e. The molecule has 0 aliphatic rings. The van der Waals surface area contributed by atoms with E-state index >= 15 is 0 Å². The second-order valence-corrected chi connectivity index (χ2v) is 5.63. The fraction of sp³-hybridized carbons (Fsp3) is 0.333. The minimum Gasteiger partial charge on any atom is -0.491 e. The molecule has 0 radical (unpaired) electrons. The number of pyridine rings is 1. The van der Waals surface area contributed by atoms with Gasteiger partial charge in [-0.2, -0.15) is 0 Å². The fourth-order valence-electron chi connectivity index (χ4n) is 2.11. The van der Waals surface area contributed by atoms with Crippen LogP contribution in [0.15, 0.2) is 42.5 Å². The van der Waals surface area contributed by atoms with Crippen LogP contribution in [-0.4, -0.2) is 28.6 Å². The molecule has 0 fully saturated rings. The van der Waals surface area contributed by atoms with Gasteiger partial charge in [-0.15, -0.1) is 0 Å². The minimum absolute atomic E-state index is 0.104. The zero-order valence-electron chi connectivity index (χ0n) is 13.6. The number of carbonyl (C=O) groups excluding carboxylic acids is 1. The number of rotatable bonds is 6. The van der Waals surface area contributed by atoms with Gasteiger partial charge < -0.3 is 15.2 Å². The first-order valence-corrected chi connectivity index (χ1v) is 7.62. The van der Waals surface area contributed by atoms with E-state index in [1.165, 1.54) is 0 Å². The van der Waals surface area contributed by atoms with Crippen molar-refractivity contribution in [2.45, 2.75) is 33.0 Å². The molecule has 5 nitrogen and oxygen atoms in total. The Bertz CT molecular complexity index is 654. The van der Waals surface area contributed by atoms with Crippen molar-refractivity contribution >= 4 is 5.91 Å². The maximum absolute atomic E-state index is 12.0. The Balaban J connectivity index is 1.91. The van der Waals surface area contributed by atoms with Crippen molar-refractivity contribution in [2.75, 3.05) is 6.54 Å². The third-order valence-corrected chi connectivity index (χ3v) is 3.21. The van der Waals surface area contributed by atoms with E-state index in [0.29, 0.717) is 5.69 Å². The highest BCUT2D eigenvalue weighted by Gasteiger charge is 2.12. The van der Waals surface area contributed by atoms with Gasteiger partial charge in [0.2, 0.25) is 0 Å². The molecule has 1 heterocycles. The number of aliphatic hydroxyl groups excluding tert-OH is 1. The van der Waals surface area contributed by atoms with Crippen LogP contribution in [0.1, 0.15) is 41.7 Å². The number of aromatic nitrogens is 1. The smallest absolute Gasteiger partial charge is 0.269 e. The molecule has 0 saturated heterocycles. The van der Waals surface area contributed by atoms with Crippen LogP contribution in [0, 0.1) is 6.92 Å². The van der Waals surface area contributed by atoms with Gasteiger partial charge in [0.05, 0.1) is 12.2 Å². The minimum atomic E-state index is -0.781. The average Bonchev–Trinajstić information content (AvgIpc) is 2.52. The molecule has 1 aromatic heterocycles. The van der Waals surface area contributed by atoms with Crippen molar-refractivity contribution in [1.82, 2.24) is 10.3 Å².